The van der Waals surface area contributed by atoms with E-state index in [1.54, 1.807) is 11.3 Å². The zero-order chi connectivity index (χ0) is 14.0. The summed E-state index contributed by atoms with van der Waals surface area (Å²) < 4.78 is 0. The van der Waals surface area contributed by atoms with Crippen LogP contribution in [-0.4, -0.2) is 5.54 Å². The molecule has 5 rings (SSSR count). The maximum absolute atomic E-state index is 6.04. The Bertz CT molecular complexity index is 517. The molecule has 2 atom stereocenters. The molecule has 4 fully saturated rings. The van der Waals surface area contributed by atoms with E-state index in [-0.39, 0.29) is 0 Å². The van der Waals surface area contributed by atoms with Crippen molar-refractivity contribution < 1.29 is 0 Å². The predicted octanol–water partition coefficient (Wildman–Crippen LogP) is 4.17. The minimum Gasteiger partial charge on any atom is -0.398 e. The van der Waals surface area contributed by atoms with Crippen LogP contribution in [0.4, 0.5) is 5.69 Å². The van der Waals surface area contributed by atoms with Crippen molar-refractivity contribution in [1.82, 2.24) is 5.32 Å². The fourth-order valence-corrected chi connectivity index (χ4v) is 7.15. The Balaban J connectivity index is 1.56. The molecule has 20 heavy (non-hydrogen) atoms. The molecule has 0 aromatic carbocycles. The lowest BCUT2D eigenvalue weighted by Crippen LogP contribution is -2.63. The van der Waals surface area contributed by atoms with Gasteiger partial charge in [0.05, 0.1) is 0 Å². The topological polar surface area (TPSA) is 38.0 Å². The van der Waals surface area contributed by atoms with Gasteiger partial charge in [0, 0.05) is 22.6 Å². The van der Waals surface area contributed by atoms with Crippen LogP contribution in [-0.2, 0) is 6.54 Å². The van der Waals surface area contributed by atoms with E-state index in [1.165, 1.54) is 43.4 Å². The average molecular weight is 290 g/mol. The fraction of sp³-hybridized carbons (Fsp3) is 0.765. The van der Waals surface area contributed by atoms with Crippen LogP contribution in [0.2, 0.25) is 0 Å². The number of nitrogens with one attached hydrogen (secondary N) is 1. The van der Waals surface area contributed by atoms with Gasteiger partial charge in [-0.2, -0.15) is 0 Å². The number of rotatable bonds is 3. The average Bonchev–Trinajstić information content (AvgIpc) is 2.67. The molecule has 2 unspecified atom stereocenters. The van der Waals surface area contributed by atoms with Crippen LogP contribution < -0.4 is 11.1 Å². The molecule has 2 nitrogen and oxygen atoms in total. The van der Waals surface area contributed by atoms with Gasteiger partial charge in [0.2, 0.25) is 0 Å². The largest absolute Gasteiger partial charge is 0.398 e. The molecule has 0 aliphatic heterocycles. The second-order valence-corrected chi connectivity index (χ2v) is 9.56. The Morgan fingerprint density at radius 3 is 2.45 bits per heavy atom. The third kappa shape index (κ3) is 2.01. The molecule has 0 amide bonds. The van der Waals surface area contributed by atoms with Gasteiger partial charge in [0.15, 0.2) is 0 Å². The summed E-state index contributed by atoms with van der Waals surface area (Å²) in [5, 5.41) is 6.06. The second-order valence-electron chi connectivity index (χ2n) is 8.56. The standard InChI is InChI=1S/C17H26N2S/c1-15-5-12-6-16(2,9-15)11-17(7-12,10-15)19-8-14-13(18)3-4-20-14/h3-4,12,19H,5-11,18H2,1-2H3. The van der Waals surface area contributed by atoms with Gasteiger partial charge in [-0.1, -0.05) is 13.8 Å². The Hall–Kier alpha value is -0.540. The summed E-state index contributed by atoms with van der Waals surface area (Å²) in [5.74, 6) is 0.953. The molecular formula is C17H26N2S. The number of thiophene rings is 1. The fourth-order valence-electron chi connectivity index (χ4n) is 6.41. The van der Waals surface area contributed by atoms with Crippen molar-refractivity contribution in [3.8, 4) is 0 Å². The van der Waals surface area contributed by atoms with Gasteiger partial charge in [0.25, 0.3) is 0 Å². The number of nitrogen functional groups attached to an aromatic ring is 1. The van der Waals surface area contributed by atoms with Gasteiger partial charge in [0.1, 0.15) is 0 Å². The summed E-state index contributed by atoms with van der Waals surface area (Å²) in [6, 6.07) is 2.03. The van der Waals surface area contributed by atoms with E-state index in [2.05, 4.69) is 24.5 Å². The Morgan fingerprint density at radius 1 is 1.20 bits per heavy atom. The lowest BCUT2D eigenvalue weighted by molar-refractivity contribution is -0.118. The maximum Gasteiger partial charge on any atom is 0.0468 e. The molecule has 0 saturated heterocycles. The van der Waals surface area contributed by atoms with E-state index in [9.17, 15) is 0 Å². The molecule has 3 N–H and O–H groups in total. The zero-order valence-electron chi connectivity index (χ0n) is 12.7. The van der Waals surface area contributed by atoms with E-state index in [0.29, 0.717) is 16.4 Å². The van der Waals surface area contributed by atoms with Crippen LogP contribution in [0.15, 0.2) is 11.4 Å². The highest BCUT2D eigenvalue weighted by molar-refractivity contribution is 7.10. The molecule has 0 spiro atoms. The first kappa shape index (κ1) is 13.1. The van der Waals surface area contributed by atoms with E-state index in [0.717, 1.165) is 18.2 Å². The number of anilines is 1. The van der Waals surface area contributed by atoms with E-state index >= 15 is 0 Å². The minimum absolute atomic E-state index is 0.388. The van der Waals surface area contributed by atoms with Crippen LogP contribution >= 0.6 is 11.3 Å². The first-order valence-corrected chi connectivity index (χ1v) is 8.84. The number of hydrogen-bond donors (Lipinski definition) is 2. The Kier molecular flexibility index (Phi) is 2.64. The lowest BCUT2D eigenvalue weighted by Gasteiger charge is -2.65. The van der Waals surface area contributed by atoms with Gasteiger partial charge >= 0.3 is 0 Å². The summed E-state index contributed by atoms with van der Waals surface area (Å²) in [6.45, 7) is 6.03. The maximum atomic E-state index is 6.04. The van der Waals surface area contributed by atoms with Crippen LogP contribution in [0, 0.1) is 16.7 Å². The second kappa shape index (κ2) is 4.01. The molecule has 1 heterocycles. The quantitative estimate of drug-likeness (QED) is 0.877. The highest BCUT2D eigenvalue weighted by Crippen LogP contribution is 2.66. The van der Waals surface area contributed by atoms with Crippen molar-refractivity contribution in [2.75, 3.05) is 5.73 Å². The van der Waals surface area contributed by atoms with Crippen LogP contribution in [0.5, 0.6) is 0 Å². The van der Waals surface area contributed by atoms with E-state index in [1.807, 2.05) is 6.07 Å². The third-order valence-corrected chi connectivity index (χ3v) is 6.97. The smallest absolute Gasteiger partial charge is 0.0468 e. The van der Waals surface area contributed by atoms with Crippen LogP contribution in [0.1, 0.15) is 57.2 Å². The molecule has 4 aliphatic rings. The van der Waals surface area contributed by atoms with Gasteiger partial charge in [-0.25, -0.2) is 0 Å². The first-order chi connectivity index (χ1) is 9.40. The normalized spacial score (nSPS) is 46.0. The Labute approximate surface area is 126 Å². The van der Waals surface area contributed by atoms with Crippen molar-refractivity contribution >= 4 is 17.0 Å². The predicted molar refractivity (Wildman–Crippen MR) is 85.7 cm³/mol. The molecule has 3 heteroatoms. The van der Waals surface area contributed by atoms with Crippen LogP contribution in [0.25, 0.3) is 0 Å². The van der Waals surface area contributed by atoms with E-state index in [4.69, 9.17) is 5.73 Å². The van der Waals surface area contributed by atoms with Gasteiger partial charge in [-0.3, -0.25) is 0 Å². The molecule has 4 bridgehead atoms. The van der Waals surface area contributed by atoms with Gasteiger partial charge < -0.3 is 11.1 Å². The molecule has 0 radical (unpaired) electrons. The van der Waals surface area contributed by atoms with Crippen molar-refractivity contribution in [2.24, 2.45) is 16.7 Å². The summed E-state index contributed by atoms with van der Waals surface area (Å²) >= 11 is 1.79. The van der Waals surface area contributed by atoms with E-state index < -0.39 is 0 Å². The number of nitrogens with two attached hydrogens (primary N) is 1. The molecule has 4 saturated carbocycles. The van der Waals surface area contributed by atoms with Gasteiger partial charge in [-0.15, -0.1) is 11.3 Å². The molecule has 1 aromatic rings. The summed E-state index contributed by atoms with van der Waals surface area (Å²) in [7, 11) is 0. The van der Waals surface area contributed by atoms with Crippen molar-refractivity contribution in [3.05, 3.63) is 16.3 Å². The van der Waals surface area contributed by atoms with Crippen LogP contribution in [0.3, 0.4) is 0 Å². The molecule has 4 aliphatic carbocycles. The third-order valence-electron chi connectivity index (χ3n) is 6.03. The van der Waals surface area contributed by atoms with Crippen molar-refractivity contribution in [1.29, 1.82) is 0 Å². The first-order valence-electron chi connectivity index (χ1n) is 7.96. The highest BCUT2D eigenvalue weighted by atomic mass is 32.1. The Morgan fingerprint density at radius 2 is 1.90 bits per heavy atom. The molecule has 110 valence electrons. The summed E-state index contributed by atoms with van der Waals surface area (Å²) in [6.07, 6.45) is 8.51. The zero-order valence-corrected chi connectivity index (χ0v) is 13.5. The monoisotopic (exact) mass is 290 g/mol. The minimum atomic E-state index is 0.388. The van der Waals surface area contributed by atoms with Crippen molar-refractivity contribution in [2.45, 2.75) is 64.5 Å². The number of hydrogen-bond acceptors (Lipinski definition) is 3. The molecular weight excluding hydrogens is 264 g/mol. The lowest BCUT2D eigenvalue weighted by atomic mass is 9.43. The SMILES string of the molecule is CC12CC3CC(C)(C1)CC(NCc1sccc1N)(C3)C2. The molecule has 1 aromatic heterocycles. The highest BCUT2D eigenvalue weighted by Gasteiger charge is 2.59. The summed E-state index contributed by atoms with van der Waals surface area (Å²) in [4.78, 5) is 1.32. The van der Waals surface area contributed by atoms with Gasteiger partial charge in [-0.05, 0) is 66.7 Å². The summed E-state index contributed by atoms with van der Waals surface area (Å²) in [5.41, 5.74) is 8.56. The van der Waals surface area contributed by atoms with Crippen molar-refractivity contribution in [3.63, 3.8) is 0 Å².